The van der Waals surface area contributed by atoms with E-state index in [0.29, 0.717) is 0 Å². The van der Waals surface area contributed by atoms with Gasteiger partial charge in [-0.25, -0.2) is 0 Å². The number of piperidine rings is 1. The SMILES string of the molecule is C=CC=C(C=C)c1cncc(-c2ccc(OC)cc2)c1N1CCC(C(N)=O)CC1. The summed E-state index contributed by atoms with van der Waals surface area (Å²) in [5, 5.41) is 0. The number of nitrogens with zero attached hydrogens (tertiary/aromatic N) is 2. The number of amides is 1. The Kier molecular flexibility index (Phi) is 6.50. The molecule has 1 aromatic carbocycles. The van der Waals surface area contributed by atoms with E-state index in [9.17, 15) is 4.79 Å². The van der Waals surface area contributed by atoms with Gasteiger partial charge in [-0.05, 0) is 36.1 Å². The summed E-state index contributed by atoms with van der Waals surface area (Å²) in [5.74, 6) is 0.525. The van der Waals surface area contributed by atoms with Gasteiger partial charge in [-0.1, -0.05) is 43.5 Å². The molecule has 2 N–H and O–H groups in total. The highest BCUT2D eigenvalue weighted by Crippen LogP contribution is 2.39. The molecule has 1 amide bonds. The van der Waals surface area contributed by atoms with E-state index in [0.717, 1.165) is 59.6 Å². The second-order valence-electron chi connectivity index (χ2n) is 7.04. The molecule has 29 heavy (non-hydrogen) atoms. The number of ether oxygens (including phenoxy) is 1. The third kappa shape index (κ3) is 4.40. The van der Waals surface area contributed by atoms with Gasteiger partial charge in [-0.15, -0.1) is 0 Å². The normalized spacial score (nSPS) is 15.1. The first kappa shape index (κ1) is 20.4. The van der Waals surface area contributed by atoms with Gasteiger partial charge in [0.1, 0.15) is 5.75 Å². The average molecular weight is 389 g/mol. The van der Waals surface area contributed by atoms with Crippen LogP contribution in [-0.4, -0.2) is 31.1 Å². The number of nitrogens with two attached hydrogens (primary N) is 1. The third-order valence-electron chi connectivity index (χ3n) is 5.36. The Hall–Kier alpha value is -3.34. The van der Waals surface area contributed by atoms with Crippen molar-refractivity contribution in [1.82, 2.24) is 4.98 Å². The molecule has 0 atom stereocenters. The maximum absolute atomic E-state index is 11.6. The molecule has 0 bridgehead atoms. The number of carbonyl (C=O) groups is 1. The predicted molar refractivity (Wildman–Crippen MR) is 119 cm³/mol. The van der Waals surface area contributed by atoms with Gasteiger partial charge in [-0.3, -0.25) is 9.78 Å². The number of rotatable bonds is 7. The van der Waals surface area contributed by atoms with Crippen LogP contribution in [0.2, 0.25) is 0 Å². The molecular formula is C24H27N3O2. The van der Waals surface area contributed by atoms with Crippen LogP contribution in [0.25, 0.3) is 16.7 Å². The summed E-state index contributed by atoms with van der Waals surface area (Å²) < 4.78 is 5.29. The van der Waals surface area contributed by atoms with Gasteiger partial charge in [0.2, 0.25) is 5.91 Å². The van der Waals surface area contributed by atoms with Crippen LogP contribution in [0.3, 0.4) is 0 Å². The van der Waals surface area contributed by atoms with Crippen LogP contribution in [0, 0.1) is 5.92 Å². The number of pyridine rings is 1. The minimum Gasteiger partial charge on any atom is -0.497 e. The van der Waals surface area contributed by atoms with Gasteiger partial charge < -0.3 is 15.4 Å². The number of primary amides is 1. The molecule has 1 fully saturated rings. The Morgan fingerprint density at radius 3 is 2.45 bits per heavy atom. The highest BCUT2D eigenvalue weighted by molar-refractivity contribution is 5.91. The molecule has 150 valence electrons. The Balaban J connectivity index is 2.10. The van der Waals surface area contributed by atoms with Gasteiger partial charge in [0, 0.05) is 42.5 Å². The highest BCUT2D eigenvalue weighted by atomic mass is 16.5. The average Bonchev–Trinajstić information content (AvgIpc) is 2.77. The fourth-order valence-corrected chi connectivity index (χ4v) is 3.77. The topological polar surface area (TPSA) is 68.4 Å². The fraction of sp³-hybridized carbons (Fsp3) is 0.250. The highest BCUT2D eigenvalue weighted by Gasteiger charge is 2.26. The second kappa shape index (κ2) is 9.24. The number of hydrogen-bond acceptors (Lipinski definition) is 4. The van der Waals surface area contributed by atoms with Crippen molar-refractivity contribution < 1.29 is 9.53 Å². The predicted octanol–water partition coefficient (Wildman–Crippen LogP) is 4.21. The summed E-state index contributed by atoms with van der Waals surface area (Å²) >= 11 is 0. The molecule has 1 saturated heterocycles. The summed E-state index contributed by atoms with van der Waals surface area (Å²) in [4.78, 5) is 18.4. The van der Waals surface area contributed by atoms with Crippen LogP contribution < -0.4 is 15.4 Å². The standard InChI is InChI=1S/C24H27N3O2/c1-4-6-17(5-2)21-15-26-16-22(18-7-9-20(29-3)10-8-18)23(21)27-13-11-19(12-14-27)24(25)28/h4-10,15-16,19H,1-2,11-14H2,3H3,(H2,25,28). The van der Waals surface area contributed by atoms with Gasteiger partial charge in [0.05, 0.1) is 12.8 Å². The van der Waals surface area contributed by atoms with Crippen molar-refractivity contribution in [2.24, 2.45) is 11.7 Å². The van der Waals surface area contributed by atoms with Crippen molar-refractivity contribution >= 4 is 17.2 Å². The first-order chi connectivity index (χ1) is 14.1. The van der Waals surface area contributed by atoms with Crippen molar-refractivity contribution in [2.75, 3.05) is 25.1 Å². The molecule has 2 aromatic rings. The quantitative estimate of drug-likeness (QED) is 0.720. The van der Waals surface area contributed by atoms with E-state index >= 15 is 0 Å². The van der Waals surface area contributed by atoms with Crippen molar-refractivity contribution in [3.63, 3.8) is 0 Å². The summed E-state index contributed by atoms with van der Waals surface area (Å²) in [5.41, 5.74) is 10.6. The first-order valence-electron chi connectivity index (χ1n) is 9.71. The lowest BCUT2D eigenvalue weighted by Crippen LogP contribution is -2.39. The molecule has 5 nitrogen and oxygen atoms in total. The molecule has 0 spiro atoms. The van der Waals surface area contributed by atoms with Gasteiger partial charge >= 0.3 is 0 Å². The van der Waals surface area contributed by atoms with Gasteiger partial charge in [0.25, 0.3) is 0 Å². The Morgan fingerprint density at radius 1 is 1.21 bits per heavy atom. The molecule has 0 unspecified atom stereocenters. The summed E-state index contributed by atoms with van der Waals surface area (Å²) in [6.07, 6.45) is 10.7. The molecule has 2 heterocycles. The van der Waals surface area contributed by atoms with Crippen molar-refractivity contribution in [3.05, 3.63) is 73.6 Å². The van der Waals surface area contributed by atoms with Gasteiger partial charge in [0.15, 0.2) is 0 Å². The number of aromatic nitrogens is 1. The molecule has 0 radical (unpaired) electrons. The largest absolute Gasteiger partial charge is 0.497 e. The Morgan fingerprint density at radius 2 is 1.90 bits per heavy atom. The van der Waals surface area contributed by atoms with Crippen LogP contribution >= 0.6 is 0 Å². The molecule has 1 aliphatic rings. The van der Waals surface area contributed by atoms with E-state index in [1.807, 2.05) is 48.8 Å². The van der Waals surface area contributed by atoms with Crippen LogP contribution in [0.1, 0.15) is 18.4 Å². The molecule has 1 aromatic heterocycles. The lowest BCUT2D eigenvalue weighted by molar-refractivity contribution is -0.122. The molecule has 0 saturated carbocycles. The third-order valence-corrected chi connectivity index (χ3v) is 5.36. The summed E-state index contributed by atoms with van der Waals surface area (Å²) in [6.45, 7) is 9.30. The van der Waals surface area contributed by atoms with E-state index < -0.39 is 0 Å². The zero-order chi connectivity index (χ0) is 20.8. The lowest BCUT2D eigenvalue weighted by atomic mass is 9.92. The first-order valence-corrected chi connectivity index (χ1v) is 9.71. The second-order valence-corrected chi connectivity index (χ2v) is 7.04. The fourth-order valence-electron chi connectivity index (χ4n) is 3.77. The maximum Gasteiger partial charge on any atom is 0.220 e. The number of allylic oxidation sites excluding steroid dienone is 4. The lowest BCUT2D eigenvalue weighted by Gasteiger charge is -2.35. The number of anilines is 1. The number of methoxy groups -OCH3 is 1. The smallest absolute Gasteiger partial charge is 0.220 e. The Labute approximate surface area is 172 Å². The van der Waals surface area contributed by atoms with Crippen molar-refractivity contribution in [3.8, 4) is 16.9 Å². The monoisotopic (exact) mass is 389 g/mol. The Bertz CT molecular complexity index is 924. The minimum atomic E-state index is -0.215. The van der Waals surface area contributed by atoms with Crippen molar-refractivity contribution in [2.45, 2.75) is 12.8 Å². The number of carbonyl (C=O) groups excluding carboxylic acids is 1. The number of benzene rings is 1. The maximum atomic E-state index is 11.6. The van der Waals surface area contributed by atoms with Crippen LogP contribution in [0.4, 0.5) is 5.69 Å². The van der Waals surface area contributed by atoms with Gasteiger partial charge in [-0.2, -0.15) is 0 Å². The van der Waals surface area contributed by atoms with E-state index in [1.54, 1.807) is 13.2 Å². The van der Waals surface area contributed by atoms with Crippen LogP contribution in [0.15, 0.2) is 68.0 Å². The minimum absolute atomic E-state index is 0.0661. The van der Waals surface area contributed by atoms with Crippen LogP contribution in [-0.2, 0) is 4.79 Å². The van der Waals surface area contributed by atoms with E-state index in [2.05, 4.69) is 23.0 Å². The molecular weight excluding hydrogens is 362 g/mol. The molecule has 5 heteroatoms. The van der Waals surface area contributed by atoms with Crippen LogP contribution in [0.5, 0.6) is 5.75 Å². The van der Waals surface area contributed by atoms with E-state index in [1.165, 1.54) is 0 Å². The van der Waals surface area contributed by atoms with Crippen molar-refractivity contribution in [1.29, 1.82) is 0 Å². The number of hydrogen-bond donors (Lipinski definition) is 1. The summed E-state index contributed by atoms with van der Waals surface area (Å²) in [7, 11) is 1.65. The summed E-state index contributed by atoms with van der Waals surface area (Å²) in [6, 6.07) is 7.95. The molecule has 1 aliphatic heterocycles. The van der Waals surface area contributed by atoms with E-state index in [-0.39, 0.29) is 11.8 Å². The molecule has 3 rings (SSSR count). The zero-order valence-corrected chi connectivity index (χ0v) is 16.8. The van der Waals surface area contributed by atoms with E-state index in [4.69, 9.17) is 10.5 Å². The zero-order valence-electron chi connectivity index (χ0n) is 16.8. The molecule has 0 aliphatic carbocycles.